The lowest BCUT2D eigenvalue weighted by Gasteiger charge is -2.32. The fraction of sp³-hybridized carbons (Fsp3) is 0.565. The molecule has 2 aromatic rings. The van der Waals surface area contributed by atoms with Crippen molar-refractivity contribution < 1.29 is 14.3 Å². The molecule has 1 aromatic heterocycles. The summed E-state index contributed by atoms with van der Waals surface area (Å²) in [6.07, 6.45) is 1.15. The van der Waals surface area contributed by atoms with Crippen molar-refractivity contribution in [3.05, 3.63) is 46.8 Å². The van der Waals surface area contributed by atoms with Crippen molar-refractivity contribution in [3.63, 3.8) is 0 Å². The lowest BCUT2D eigenvalue weighted by Crippen LogP contribution is -2.45. The molecule has 0 bridgehead atoms. The summed E-state index contributed by atoms with van der Waals surface area (Å²) in [5, 5.41) is 7.73. The number of hydrogen-bond donors (Lipinski definition) is 1. The number of carbonyl (C=O) groups excluding carboxylic acids is 1. The minimum absolute atomic E-state index is 0.0654. The summed E-state index contributed by atoms with van der Waals surface area (Å²) < 4.78 is 13.4. The summed E-state index contributed by atoms with van der Waals surface area (Å²) in [6, 6.07) is 8.11. The molecule has 0 radical (unpaired) electrons. The van der Waals surface area contributed by atoms with Crippen molar-refractivity contribution in [2.75, 3.05) is 32.9 Å². The third-order valence-corrected chi connectivity index (χ3v) is 6.64. The Bertz CT molecular complexity index is 935. The Kier molecular flexibility index (Phi) is 5.25. The van der Waals surface area contributed by atoms with Gasteiger partial charge in [0.05, 0.1) is 24.9 Å². The number of hydrogen-bond acceptors (Lipinski definition) is 5. The van der Waals surface area contributed by atoms with E-state index < -0.39 is 0 Å². The van der Waals surface area contributed by atoms with Gasteiger partial charge in [-0.1, -0.05) is 24.6 Å². The molecule has 1 amide bonds. The molecule has 1 N–H and O–H groups in total. The van der Waals surface area contributed by atoms with Gasteiger partial charge in [-0.3, -0.25) is 14.4 Å². The Morgan fingerprint density at radius 2 is 2.17 bits per heavy atom. The molecule has 0 saturated carbocycles. The molecule has 3 aliphatic heterocycles. The number of aromatic nitrogens is 2. The van der Waals surface area contributed by atoms with Gasteiger partial charge in [-0.2, -0.15) is 5.10 Å². The fourth-order valence-electron chi connectivity index (χ4n) is 4.78. The first-order valence-electron chi connectivity index (χ1n) is 11.0. The summed E-state index contributed by atoms with van der Waals surface area (Å²) in [7, 11) is 0. The van der Waals surface area contributed by atoms with E-state index >= 15 is 0 Å². The smallest absolute Gasteiger partial charge is 0.272 e. The third-order valence-electron chi connectivity index (χ3n) is 6.64. The van der Waals surface area contributed by atoms with Gasteiger partial charge in [0.2, 0.25) is 0 Å². The average Bonchev–Trinajstić information content (AvgIpc) is 3.40. The van der Waals surface area contributed by atoms with Crippen LogP contribution in [0.3, 0.4) is 0 Å². The number of fused-ring (bicyclic) bond motifs is 2. The lowest BCUT2D eigenvalue weighted by atomic mass is 9.89. The second kappa shape index (κ2) is 8.04. The monoisotopic (exact) mass is 410 g/mol. The fourth-order valence-corrected chi connectivity index (χ4v) is 4.78. The predicted octanol–water partition coefficient (Wildman–Crippen LogP) is 2.34. The second-order valence-corrected chi connectivity index (χ2v) is 8.93. The summed E-state index contributed by atoms with van der Waals surface area (Å²) in [5.74, 6) is 1.62. The van der Waals surface area contributed by atoms with E-state index in [0.717, 1.165) is 62.8 Å². The van der Waals surface area contributed by atoms with E-state index in [-0.39, 0.29) is 17.9 Å². The molecular formula is C23H30N4O3. The molecule has 30 heavy (non-hydrogen) atoms. The van der Waals surface area contributed by atoms with Crippen molar-refractivity contribution in [3.8, 4) is 5.75 Å². The summed E-state index contributed by atoms with van der Waals surface area (Å²) in [6.45, 7) is 10.1. The molecule has 0 spiro atoms. The van der Waals surface area contributed by atoms with Crippen LogP contribution in [0, 0.1) is 12.8 Å². The Hall–Kier alpha value is -2.38. The number of nitrogens with one attached hydrogen (secondary N) is 1. The summed E-state index contributed by atoms with van der Waals surface area (Å²) in [4.78, 5) is 15.4. The van der Waals surface area contributed by atoms with Crippen LogP contribution < -0.4 is 10.1 Å². The van der Waals surface area contributed by atoms with Crippen LogP contribution in [0.15, 0.2) is 24.3 Å². The van der Waals surface area contributed by atoms with Gasteiger partial charge in [0, 0.05) is 32.2 Å². The first-order chi connectivity index (χ1) is 14.6. The Morgan fingerprint density at radius 1 is 1.27 bits per heavy atom. The van der Waals surface area contributed by atoms with Crippen LogP contribution in [0.2, 0.25) is 0 Å². The van der Waals surface area contributed by atoms with Gasteiger partial charge in [0.1, 0.15) is 12.4 Å². The maximum atomic E-state index is 12.9. The van der Waals surface area contributed by atoms with Gasteiger partial charge in [-0.15, -0.1) is 0 Å². The molecule has 7 heteroatoms. The Morgan fingerprint density at radius 3 is 3.00 bits per heavy atom. The number of benzene rings is 1. The van der Waals surface area contributed by atoms with E-state index in [4.69, 9.17) is 9.47 Å². The van der Waals surface area contributed by atoms with E-state index in [1.54, 1.807) is 0 Å². The van der Waals surface area contributed by atoms with Crippen LogP contribution >= 0.6 is 0 Å². The van der Waals surface area contributed by atoms with E-state index in [1.165, 1.54) is 5.56 Å². The molecule has 3 atom stereocenters. The van der Waals surface area contributed by atoms with Crippen LogP contribution in [0.5, 0.6) is 5.75 Å². The first kappa shape index (κ1) is 19.6. The van der Waals surface area contributed by atoms with E-state index in [9.17, 15) is 4.79 Å². The number of nitrogens with zero attached hydrogens (tertiary/aromatic N) is 3. The van der Waals surface area contributed by atoms with Crippen molar-refractivity contribution in [1.82, 2.24) is 20.0 Å². The standard InChI is InChI=1S/C23H30N4O3/c1-15-3-4-22-19(9-15)16(2)21(14-30-22)24-23(28)20-10-18-12-26(6-7-27(18)25-20)11-17-5-8-29-13-17/h3-4,9-10,16-17,21H,5-8,11-14H2,1-2H3,(H,24,28). The largest absolute Gasteiger partial charge is 0.491 e. The van der Waals surface area contributed by atoms with Gasteiger partial charge >= 0.3 is 0 Å². The van der Waals surface area contributed by atoms with Gasteiger partial charge in [0.15, 0.2) is 5.69 Å². The predicted molar refractivity (Wildman–Crippen MR) is 113 cm³/mol. The van der Waals surface area contributed by atoms with Gasteiger partial charge < -0.3 is 14.8 Å². The maximum absolute atomic E-state index is 12.9. The molecule has 7 nitrogen and oxygen atoms in total. The maximum Gasteiger partial charge on any atom is 0.272 e. The molecule has 5 rings (SSSR count). The van der Waals surface area contributed by atoms with Crippen molar-refractivity contribution >= 4 is 5.91 Å². The Labute approximate surface area is 177 Å². The van der Waals surface area contributed by atoms with Gasteiger partial charge in [-0.05, 0) is 37.0 Å². The van der Waals surface area contributed by atoms with Crippen LogP contribution in [0.25, 0.3) is 0 Å². The molecular weight excluding hydrogens is 380 g/mol. The lowest BCUT2D eigenvalue weighted by molar-refractivity contribution is 0.0898. The summed E-state index contributed by atoms with van der Waals surface area (Å²) >= 11 is 0. The molecule has 1 saturated heterocycles. The van der Waals surface area contributed by atoms with Gasteiger partial charge in [-0.25, -0.2) is 0 Å². The molecule has 3 aliphatic rings. The highest BCUT2D eigenvalue weighted by molar-refractivity contribution is 5.92. The normalized spacial score (nSPS) is 26.0. The number of rotatable bonds is 4. The SMILES string of the molecule is Cc1ccc2c(c1)C(C)C(NC(=O)c1cc3n(n1)CCN(CC1CCOC1)C3)CO2. The van der Waals surface area contributed by atoms with Crippen LogP contribution in [0.4, 0.5) is 0 Å². The van der Waals surface area contributed by atoms with E-state index in [2.05, 4.69) is 41.3 Å². The van der Waals surface area contributed by atoms with Crippen molar-refractivity contribution in [2.45, 2.75) is 45.3 Å². The first-order valence-corrected chi connectivity index (χ1v) is 11.0. The quantitative estimate of drug-likeness (QED) is 0.838. The number of aryl methyl sites for hydroxylation is 1. The highest BCUT2D eigenvalue weighted by Crippen LogP contribution is 2.34. The molecule has 160 valence electrons. The zero-order chi connectivity index (χ0) is 20.7. The second-order valence-electron chi connectivity index (χ2n) is 8.93. The minimum Gasteiger partial charge on any atom is -0.491 e. The third kappa shape index (κ3) is 3.84. The molecule has 1 aromatic carbocycles. The molecule has 1 fully saturated rings. The number of ether oxygens (including phenoxy) is 2. The molecule has 0 aliphatic carbocycles. The Balaban J connectivity index is 1.24. The highest BCUT2D eigenvalue weighted by atomic mass is 16.5. The van der Waals surface area contributed by atoms with Gasteiger partial charge in [0.25, 0.3) is 5.91 Å². The van der Waals surface area contributed by atoms with E-state index in [1.807, 2.05) is 16.8 Å². The van der Waals surface area contributed by atoms with Crippen LogP contribution in [-0.2, 0) is 17.8 Å². The zero-order valence-electron chi connectivity index (χ0n) is 17.8. The molecule has 3 unspecified atom stereocenters. The number of carbonyl (C=O) groups is 1. The minimum atomic E-state index is -0.121. The van der Waals surface area contributed by atoms with Crippen molar-refractivity contribution in [2.24, 2.45) is 5.92 Å². The number of amides is 1. The molecule has 4 heterocycles. The topological polar surface area (TPSA) is 68.6 Å². The highest BCUT2D eigenvalue weighted by Gasteiger charge is 2.30. The van der Waals surface area contributed by atoms with Crippen LogP contribution in [0.1, 0.15) is 46.6 Å². The van der Waals surface area contributed by atoms with Crippen LogP contribution in [-0.4, -0.2) is 59.5 Å². The summed E-state index contributed by atoms with van der Waals surface area (Å²) in [5.41, 5.74) is 3.96. The van der Waals surface area contributed by atoms with Crippen molar-refractivity contribution in [1.29, 1.82) is 0 Å². The van der Waals surface area contributed by atoms with E-state index in [0.29, 0.717) is 18.2 Å². The average molecular weight is 411 g/mol. The zero-order valence-corrected chi connectivity index (χ0v) is 17.8.